The number of hydrogen-bond donors (Lipinski definition) is 2. The van der Waals surface area contributed by atoms with Gasteiger partial charge in [-0.2, -0.15) is 0 Å². The summed E-state index contributed by atoms with van der Waals surface area (Å²) in [6.45, 7) is 2.36. The van der Waals surface area contributed by atoms with Crippen LogP contribution in [0.2, 0.25) is 0 Å². The van der Waals surface area contributed by atoms with Crippen molar-refractivity contribution in [1.29, 1.82) is 0 Å². The van der Waals surface area contributed by atoms with Gasteiger partial charge in [-0.3, -0.25) is 4.79 Å². The molecule has 2 N–H and O–H groups in total. The first kappa shape index (κ1) is 16.6. The predicted octanol–water partition coefficient (Wildman–Crippen LogP) is 3.41. The van der Waals surface area contributed by atoms with Gasteiger partial charge in [-0.1, -0.05) is 48.5 Å². The Balaban J connectivity index is 1.73. The third-order valence-corrected chi connectivity index (χ3v) is 4.44. The summed E-state index contributed by atoms with van der Waals surface area (Å²) in [5, 5.41) is 12.8. The highest BCUT2D eigenvalue weighted by molar-refractivity contribution is 8.00. The van der Waals surface area contributed by atoms with Crippen molar-refractivity contribution < 1.29 is 9.90 Å². The molecule has 0 fully saturated rings. The number of hydrogen-bond acceptors (Lipinski definition) is 3. The molecule has 2 aromatic carbocycles. The first-order valence-corrected chi connectivity index (χ1v) is 8.27. The number of carbonyl (C=O) groups excluding carboxylic acids is 1. The number of carbonyl (C=O) groups is 1. The number of nitrogens with one attached hydrogen (secondary N) is 1. The Bertz CT molecular complexity index is 574. The fourth-order valence-electron chi connectivity index (χ4n) is 2.07. The first-order chi connectivity index (χ1) is 10.7. The van der Waals surface area contributed by atoms with Crippen LogP contribution in [0, 0.1) is 0 Å². The van der Waals surface area contributed by atoms with Gasteiger partial charge in [0.1, 0.15) is 0 Å². The van der Waals surface area contributed by atoms with Crippen LogP contribution in [0.5, 0.6) is 0 Å². The zero-order valence-corrected chi connectivity index (χ0v) is 13.4. The lowest BCUT2D eigenvalue weighted by molar-refractivity contribution is -0.120. The van der Waals surface area contributed by atoms with Crippen molar-refractivity contribution in [1.82, 2.24) is 5.32 Å². The van der Waals surface area contributed by atoms with Gasteiger partial charge >= 0.3 is 0 Å². The van der Waals surface area contributed by atoms with Crippen LogP contribution >= 0.6 is 11.8 Å². The molecule has 2 atom stereocenters. The summed E-state index contributed by atoms with van der Waals surface area (Å²) < 4.78 is 0. The van der Waals surface area contributed by atoms with Crippen LogP contribution in [0.15, 0.2) is 65.6 Å². The largest absolute Gasteiger partial charge is 0.388 e. The second-order valence-corrected chi connectivity index (χ2v) is 6.49. The van der Waals surface area contributed by atoms with Crippen LogP contribution in [0.4, 0.5) is 0 Å². The molecule has 3 nitrogen and oxygen atoms in total. The Kier molecular flexibility index (Phi) is 6.49. The third-order valence-electron chi connectivity index (χ3n) is 3.33. The third kappa shape index (κ3) is 5.20. The molecule has 0 spiro atoms. The van der Waals surface area contributed by atoms with Gasteiger partial charge in [0.15, 0.2) is 0 Å². The monoisotopic (exact) mass is 315 g/mol. The zero-order chi connectivity index (χ0) is 15.8. The van der Waals surface area contributed by atoms with Crippen molar-refractivity contribution in [3.05, 3.63) is 66.2 Å². The van der Waals surface area contributed by atoms with E-state index in [1.165, 1.54) is 11.8 Å². The zero-order valence-electron chi connectivity index (χ0n) is 12.6. The molecular formula is C18H21NO2S. The molecule has 0 saturated heterocycles. The number of amides is 1. The second kappa shape index (κ2) is 8.61. The van der Waals surface area contributed by atoms with Crippen molar-refractivity contribution in [3.63, 3.8) is 0 Å². The number of rotatable bonds is 7. The van der Waals surface area contributed by atoms with Crippen molar-refractivity contribution in [2.45, 2.75) is 29.6 Å². The maximum absolute atomic E-state index is 12.1. The first-order valence-electron chi connectivity index (χ1n) is 7.39. The highest BCUT2D eigenvalue weighted by Crippen LogP contribution is 2.22. The van der Waals surface area contributed by atoms with Crippen LogP contribution in [-0.4, -0.2) is 22.8 Å². The predicted molar refractivity (Wildman–Crippen MR) is 90.8 cm³/mol. The van der Waals surface area contributed by atoms with E-state index in [2.05, 4.69) is 5.32 Å². The van der Waals surface area contributed by atoms with Gasteiger partial charge < -0.3 is 10.4 Å². The highest BCUT2D eigenvalue weighted by atomic mass is 32.2. The normalized spacial score (nSPS) is 13.4. The van der Waals surface area contributed by atoms with Crippen LogP contribution in [-0.2, 0) is 4.79 Å². The van der Waals surface area contributed by atoms with Gasteiger partial charge in [-0.05, 0) is 31.0 Å². The second-order valence-electron chi connectivity index (χ2n) is 5.08. The van der Waals surface area contributed by atoms with Gasteiger partial charge in [-0.15, -0.1) is 11.8 Å². The van der Waals surface area contributed by atoms with E-state index in [0.29, 0.717) is 13.0 Å². The summed E-state index contributed by atoms with van der Waals surface area (Å²) in [6.07, 6.45) is -0.0306. The standard InChI is InChI=1S/C18H21NO2S/c1-14(22-16-10-6-3-7-11-16)18(21)19-13-12-17(20)15-8-4-2-5-9-15/h2-11,14,17,20H,12-13H2,1H3,(H,19,21). The molecule has 2 aromatic rings. The molecule has 2 rings (SSSR count). The molecule has 0 heterocycles. The van der Waals surface area contributed by atoms with Gasteiger partial charge in [0.2, 0.25) is 5.91 Å². The van der Waals surface area contributed by atoms with Gasteiger partial charge in [0, 0.05) is 11.4 Å². The number of aliphatic hydroxyl groups excluding tert-OH is 1. The van der Waals surface area contributed by atoms with Crippen molar-refractivity contribution in [2.24, 2.45) is 0 Å². The van der Waals surface area contributed by atoms with Gasteiger partial charge in [-0.25, -0.2) is 0 Å². The van der Waals surface area contributed by atoms with Gasteiger partial charge in [0.25, 0.3) is 0 Å². The summed E-state index contributed by atoms with van der Waals surface area (Å²) in [7, 11) is 0. The Morgan fingerprint density at radius 3 is 2.32 bits per heavy atom. The number of thioether (sulfide) groups is 1. The van der Waals surface area contributed by atoms with E-state index in [4.69, 9.17) is 0 Å². The van der Waals surface area contributed by atoms with E-state index in [0.717, 1.165) is 10.5 Å². The van der Waals surface area contributed by atoms with Gasteiger partial charge in [0.05, 0.1) is 11.4 Å². The minimum absolute atomic E-state index is 0.00545. The van der Waals surface area contributed by atoms with Crippen molar-refractivity contribution in [2.75, 3.05) is 6.54 Å². The Hall–Kier alpha value is -1.78. The summed E-state index contributed by atoms with van der Waals surface area (Å²) in [4.78, 5) is 13.1. The molecule has 4 heteroatoms. The molecule has 0 bridgehead atoms. The summed E-state index contributed by atoms with van der Waals surface area (Å²) in [5.41, 5.74) is 0.878. The van der Waals surface area contributed by atoms with Crippen molar-refractivity contribution >= 4 is 17.7 Å². The minimum atomic E-state index is -0.543. The quantitative estimate of drug-likeness (QED) is 0.770. The molecule has 0 radical (unpaired) electrons. The lowest BCUT2D eigenvalue weighted by atomic mass is 10.1. The fourth-order valence-corrected chi connectivity index (χ4v) is 2.99. The molecule has 0 aliphatic heterocycles. The van der Waals surface area contributed by atoms with E-state index < -0.39 is 6.10 Å². The summed E-state index contributed by atoms with van der Waals surface area (Å²) >= 11 is 1.53. The molecule has 0 aliphatic carbocycles. The van der Waals surface area contributed by atoms with E-state index in [9.17, 15) is 9.90 Å². The van der Waals surface area contributed by atoms with Crippen LogP contribution in [0.3, 0.4) is 0 Å². The highest BCUT2D eigenvalue weighted by Gasteiger charge is 2.14. The summed E-state index contributed by atoms with van der Waals surface area (Å²) in [6, 6.07) is 19.4. The van der Waals surface area contributed by atoms with E-state index in [1.807, 2.05) is 67.6 Å². The maximum atomic E-state index is 12.1. The molecule has 0 aromatic heterocycles. The SMILES string of the molecule is CC(Sc1ccccc1)C(=O)NCCC(O)c1ccccc1. The van der Waals surface area contributed by atoms with E-state index >= 15 is 0 Å². The van der Waals surface area contributed by atoms with E-state index in [-0.39, 0.29) is 11.2 Å². The lowest BCUT2D eigenvalue weighted by Gasteiger charge is -2.14. The van der Waals surface area contributed by atoms with Crippen LogP contribution in [0.1, 0.15) is 25.0 Å². The van der Waals surface area contributed by atoms with Crippen LogP contribution in [0.25, 0.3) is 0 Å². The van der Waals surface area contributed by atoms with E-state index in [1.54, 1.807) is 0 Å². The minimum Gasteiger partial charge on any atom is -0.388 e. The summed E-state index contributed by atoms with van der Waals surface area (Å²) in [5.74, 6) is -0.00545. The molecule has 0 aliphatic rings. The molecule has 116 valence electrons. The maximum Gasteiger partial charge on any atom is 0.233 e. The number of aliphatic hydroxyl groups is 1. The molecule has 2 unspecified atom stereocenters. The smallest absolute Gasteiger partial charge is 0.233 e. The molecule has 22 heavy (non-hydrogen) atoms. The molecule has 0 saturated carbocycles. The Morgan fingerprint density at radius 2 is 1.68 bits per heavy atom. The average molecular weight is 315 g/mol. The molecular weight excluding hydrogens is 294 g/mol. The topological polar surface area (TPSA) is 49.3 Å². The molecule has 1 amide bonds. The lowest BCUT2D eigenvalue weighted by Crippen LogP contribution is -2.32. The number of benzene rings is 2. The fraction of sp³-hybridized carbons (Fsp3) is 0.278. The Labute approximate surface area is 135 Å². The Morgan fingerprint density at radius 1 is 1.09 bits per heavy atom. The van der Waals surface area contributed by atoms with Crippen molar-refractivity contribution in [3.8, 4) is 0 Å². The van der Waals surface area contributed by atoms with Crippen LogP contribution < -0.4 is 5.32 Å². The average Bonchev–Trinajstić information content (AvgIpc) is 2.56.